The topological polar surface area (TPSA) is 36.9 Å². The summed E-state index contributed by atoms with van der Waals surface area (Å²) in [4.78, 5) is 9.28. The monoisotopic (exact) mass is 372 g/mol. The summed E-state index contributed by atoms with van der Waals surface area (Å²) >= 11 is 0. The van der Waals surface area contributed by atoms with Crippen LogP contribution in [0.25, 0.3) is 0 Å². The molecule has 0 N–H and O–H groups in total. The maximum atomic E-state index is 5.97. The number of rotatable bonds is 21. The Balaban J connectivity index is 3.82. The molecule has 0 aromatic rings. The molecular weight excluding hydrogens is 328 g/mol. The Kier molecular flexibility index (Phi) is 22.0. The highest BCUT2D eigenvalue weighted by atomic mass is 17.2. The Morgan fingerprint density at radius 2 is 1.19 bits per heavy atom. The first-order valence-electron chi connectivity index (χ1n) is 10.9. The molecule has 0 saturated carbocycles. The van der Waals surface area contributed by atoms with E-state index in [4.69, 9.17) is 14.4 Å². The quantitative estimate of drug-likeness (QED) is 0.0719. The lowest BCUT2D eigenvalue weighted by Crippen LogP contribution is -2.18. The van der Waals surface area contributed by atoms with Gasteiger partial charge in [0.2, 0.25) is 0 Å². The Hall–Kier alpha value is -0.580. The van der Waals surface area contributed by atoms with E-state index in [1.165, 1.54) is 71.3 Å². The maximum absolute atomic E-state index is 5.97. The number of hydrogen-bond acceptors (Lipinski definition) is 4. The number of hydrogen-bond donors (Lipinski definition) is 0. The predicted octanol–water partition coefficient (Wildman–Crippen LogP) is 6.94. The zero-order valence-electron chi connectivity index (χ0n) is 17.7. The van der Waals surface area contributed by atoms with Gasteiger partial charge >= 0.3 is 0 Å². The van der Waals surface area contributed by atoms with Gasteiger partial charge in [-0.25, -0.2) is 0 Å². The van der Waals surface area contributed by atoms with E-state index in [2.05, 4.69) is 18.7 Å². The van der Waals surface area contributed by atoms with Gasteiger partial charge in [-0.2, -0.15) is 4.89 Å². The van der Waals surface area contributed by atoms with Crippen LogP contribution >= 0.6 is 0 Å². The molecule has 0 rings (SSSR count). The van der Waals surface area contributed by atoms with Crippen LogP contribution in [0.4, 0.5) is 0 Å². The third kappa shape index (κ3) is 19.7. The van der Waals surface area contributed by atoms with Crippen LogP contribution in [-0.2, 0) is 19.2 Å². The van der Waals surface area contributed by atoms with E-state index in [-0.39, 0.29) is 6.29 Å². The molecule has 0 heterocycles. The van der Waals surface area contributed by atoms with Crippen molar-refractivity contribution in [1.29, 1.82) is 0 Å². The molecule has 0 aliphatic heterocycles. The van der Waals surface area contributed by atoms with Gasteiger partial charge in [0.15, 0.2) is 6.29 Å². The summed E-state index contributed by atoms with van der Waals surface area (Å²) in [5, 5.41) is 0. The molecule has 0 saturated heterocycles. The van der Waals surface area contributed by atoms with Crippen molar-refractivity contribution in [1.82, 2.24) is 0 Å². The van der Waals surface area contributed by atoms with Gasteiger partial charge in [-0.1, -0.05) is 78.1 Å². The SMILES string of the molecule is CCCCCCCCOC(CCC=COOC)OCCCCCCCC. The van der Waals surface area contributed by atoms with Crippen LogP contribution in [0, 0.1) is 0 Å². The van der Waals surface area contributed by atoms with Crippen LogP contribution in [0.15, 0.2) is 12.3 Å². The molecule has 0 fully saturated rings. The third-order valence-electron chi connectivity index (χ3n) is 4.42. The van der Waals surface area contributed by atoms with E-state index in [1.807, 2.05) is 6.08 Å². The second-order valence-electron chi connectivity index (χ2n) is 6.92. The van der Waals surface area contributed by atoms with Gasteiger partial charge in [-0.05, 0) is 25.3 Å². The molecule has 0 spiro atoms. The second kappa shape index (κ2) is 22.5. The van der Waals surface area contributed by atoms with Gasteiger partial charge in [-0.15, -0.1) is 0 Å². The average Bonchev–Trinajstić information content (AvgIpc) is 2.65. The van der Waals surface area contributed by atoms with Crippen molar-refractivity contribution in [3.05, 3.63) is 12.3 Å². The Morgan fingerprint density at radius 3 is 1.69 bits per heavy atom. The van der Waals surface area contributed by atoms with Crippen molar-refractivity contribution < 1.29 is 19.2 Å². The van der Waals surface area contributed by atoms with Gasteiger partial charge in [0.05, 0.1) is 7.11 Å². The molecule has 4 heteroatoms. The zero-order valence-corrected chi connectivity index (χ0v) is 17.7. The third-order valence-corrected chi connectivity index (χ3v) is 4.42. The molecule has 4 nitrogen and oxygen atoms in total. The minimum absolute atomic E-state index is 0.103. The van der Waals surface area contributed by atoms with Crippen molar-refractivity contribution in [2.45, 2.75) is 110 Å². The van der Waals surface area contributed by atoms with Crippen LogP contribution in [0.1, 0.15) is 104 Å². The van der Waals surface area contributed by atoms with E-state index < -0.39 is 0 Å². The Morgan fingerprint density at radius 1 is 0.692 bits per heavy atom. The molecule has 0 unspecified atom stereocenters. The molecule has 0 aliphatic carbocycles. The fraction of sp³-hybridized carbons (Fsp3) is 0.909. The lowest BCUT2D eigenvalue weighted by atomic mass is 10.1. The molecule has 156 valence electrons. The first kappa shape index (κ1) is 25.4. The van der Waals surface area contributed by atoms with E-state index >= 15 is 0 Å². The van der Waals surface area contributed by atoms with Crippen LogP contribution in [0.2, 0.25) is 0 Å². The van der Waals surface area contributed by atoms with E-state index in [9.17, 15) is 0 Å². The fourth-order valence-electron chi connectivity index (χ4n) is 2.80. The van der Waals surface area contributed by atoms with Gasteiger partial charge < -0.3 is 14.4 Å². The Labute approximate surface area is 162 Å². The highest BCUT2D eigenvalue weighted by molar-refractivity contribution is 4.73. The molecule has 0 amide bonds. The summed E-state index contributed by atoms with van der Waals surface area (Å²) in [5.74, 6) is 0. The first-order valence-corrected chi connectivity index (χ1v) is 10.9. The summed E-state index contributed by atoms with van der Waals surface area (Å²) in [6, 6.07) is 0. The van der Waals surface area contributed by atoms with Gasteiger partial charge in [0, 0.05) is 19.6 Å². The van der Waals surface area contributed by atoms with Crippen molar-refractivity contribution >= 4 is 0 Å². The highest BCUT2D eigenvalue weighted by Gasteiger charge is 2.08. The largest absolute Gasteiger partial charge is 0.353 e. The summed E-state index contributed by atoms with van der Waals surface area (Å²) < 4.78 is 11.9. The van der Waals surface area contributed by atoms with Gasteiger partial charge in [0.1, 0.15) is 6.26 Å². The molecule has 0 atom stereocenters. The highest BCUT2D eigenvalue weighted by Crippen LogP contribution is 2.11. The first-order chi connectivity index (χ1) is 12.8. The van der Waals surface area contributed by atoms with Crippen LogP contribution < -0.4 is 0 Å². The minimum Gasteiger partial charge on any atom is -0.353 e. The summed E-state index contributed by atoms with van der Waals surface area (Å²) in [6.07, 6.45) is 20.5. The van der Waals surface area contributed by atoms with Crippen molar-refractivity contribution in [2.24, 2.45) is 0 Å². The van der Waals surface area contributed by atoms with Crippen LogP contribution in [0.5, 0.6) is 0 Å². The average molecular weight is 373 g/mol. The summed E-state index contributed by atoms with van der Waals surface area (Å²) in [7, 11) is 1.50. The standard InChI is InChI=1S/C22H44O4/c1-4-6-8-10-12-15-19-24-22(18-14-17-21-26-23-3)25-20-16-13-11-9-7-5-2/h17,21-22H,4-16,18-20H2,1-3H3. The normalized spacial score (nSPS) is 11.7. The number of ether oxygens (including phenoxy) is 2. The molecule has 0 bridgehead atoms. The van der Waals surface area contributed by atoms with Gasteiger partial charge in [-0.3, -0.25) is 0 Å². The predicted molar refractivity (Wildman–Crippen MR) is 109 cm³/mol. The van der Waals surface area contributed by atoms with E-state index in [1.54, 1.807) is 6.26 Å². The second-order valence-corrected chi connectivity index (χ2v) is 6.92. The molecular formula is C22H44O4. The number of unbranched alkanes of at least 4 members (excludes halogenated alkanes) is 10. The summed E-state index contributed by atoms with van der Waals surface area (Å²) in [5.41, 5.74) is 0. The molecule has 0 aromatic heterocycles. The Bertz CT molecular complexity index is 263. The lowest BCUT2D eigenvalue weighted by molar-refractivity contribution is -0.223. The number of allylic oxidation sites excluding steroid dienone is 1. The van der Waals surface area contributed by atoms with Crippen molar-refractivity contribution in [3.63, 3.8) is 0 Å². The van der Waals surface area contributed by atoms with E-state index in [0.717, 1.165) is 38.9 Å². The maximum Gasteiger partial charge on any atom is 0.157 e. The molecule has 0 radical (unpaired) electrons. The molecule has 0 aromatic carbocycles. The summed E-state index contributed by atoms with van der Waals surface area (Å²) in [6.45, 7) is 6.10. The smallest absolute Gasteiger partial charge is 0.157 e. The molecule has 0 aliphatic rings. The van der Waals surface area contributed by atoms with Crippen LogP contribution in [-0.4, -0.2) is 26.6 Å². The lowest BCUT2D eigenvalue weighted by Gasteiger charge is -2.18. The zero-order chi connectivity index (χ0) is 19.1. The molecule has 26 heavy (non-hydrogen) atoms. The van der Waals surface area contributed by atoms with Gasteiger partial charge in [0.25, 0.3) is 0 Å². The minimum atomic E-state index is -0.103. The van der Waals surface area contributed by atoms with Crippen LogP contribution in [0.3, 0.4) is 0 Å². The fourth-order valence-corrected chi connectivity index (χ4v) is 2.80. The van der Waals surface area contributed by atoms with E-state index in [0.29, 0.717) is 0 Å². The van der Waals surface area contributed by atoms with Crippen molar-refractivity contribution in [2.75, 3.05) is 20.3 Å². The van der Waals surface area contributed by atoms with Crippen molar-refractivity contribution in [3.8, 4) is 0 Å².